The van der Waals surface area contributed by atoms with Gasteiger partial charge in [0.1, 0.15) is 23.0 Å². The zero-order chi connectivity index (χ0) is 20.4. The van der Waals surface area contributed by atoms with Gasteiger partial charge in [0.25, 0.3) is 0 Å². The fourth-order valence-corrected chi connectivity index (χ4v) is 2.85. The summed E-state index contributed by atoms with van der Waals surface area (Å²) in [5, 5.41) is 30.2. The zero-order valence-electron chi connectivity index (χ0n) is 15.4. The van der Waals surface area contributed by atoms with Crippen LogP contribution >= 0.6 is 0 Å². The molecule has 0 radical (unpaired) electrons. The maximum absolute atomic E-state index is 10.4. The molecule has 0 saturated heterocycles. The number of aromatic hydroxyl groups is 3. The van der Waals surface area contributed by atoms with Crippen molar-refractivity contribution >= 4 is 0 Å². The van der Waals surface area contributed by atoms with Crippen molar-refractivity contribution in [2.75, 3.05) is 7.11 Å². The van der Waals surface area contributed by atoms with Gasteiger partial charge in [0.05, 0.1) is 18.2 Å². The predicted molar refractivity (Wildman–Crippen MR) is 108 cm³/mol. The number of ether oxygens (including phenoxy) is 1. The Labute approximate surface area is 166 Å². The van der Waals surface area contributed by atoms with Gasteiger partial charge in [-0.05, 0) is 48.5 Å². The van der Waals surface area contributed by atoms with Gasteiger partial charge in [0.2, 0.25) is 0 Å². The largest absolute Gasteiger partial charge is 0.508 e. The summed E-state index contributed by atoms with van der Waals surface area (Å²) in [5.74, 6) is 1.43. The van der Waals surface area contributed by atoms with E-state index in [0.717, 1.165) is 0 Å². The minimum absolute atomic E-state index is 0.0280. The minimum Gasteiger partial charge on any atom is -0.508 e. The van der Waals surface area contributed by atoms with Gasteiger partial charge in [-0.1, -0.05) is 12.1 Å². The molecule has 7 heteroatoms. The number of aromatic nitrogens is 3. The van der Waals surface area contributed by atoms with Crippen LogP contribution in [0.3, 0.4) is 0 Å². The van der Waals surface area contributed by atoms with E-state index in [9.17, 15) is 15.3 Å². The van der Waals surface area contributed by atoms with Crippen LogP contribution in [-0.2, 0) is 0 Å². The summed E-state index contributed by atoms with van der Waals surface area (Å²) >= 11 is 0. The molecule has 3 aromatic carbocycles. The van der Waals surface area contributed by atoms with Crippen molar-refractivity contribution in [3.63, 3.8) is 0 Å². The third-order valence-electron chi connectivity index (χ3n) is 4.35. The second kappa shape index (κ2) is 7.47. The normalized spacial score (nSPS) is 10.7. The molecule has 0 saturated carbocycles. The highest BCUT2D eigenvalue weighted by Crippen LogP contribution is 2.34. The lowest BCUT2D eigenvalue weighted by Crippen LogP contribution is -2.00. The molecule has 4 aromatic rings. The molecule has 0 amide bonds. The number of rotatable bonds is 4. The van der Waals surface area contributed by atoms with Crippen molar-refractivity contribution < 1.29 is 20.1 Å². The molecule has 7 nitrogen and oxygen atoms in total. The van der Waals surface area contributed by atoms with E-state index < -0.39 is 0 Å². The van der Waals surface area contributed by atoms with Gasteiger partial charge in [-0.25, -0.2) is 15.0 Å². The molecule has 144 valence electrons. The Morgan fingerprint density at radius 1 is 0.655 bits per heavy atom. The summed E-state index contributed by atoms with van der Waals surface area (Å²) in [4.78, 5) is 13.4. The highest BCUT2D eigenvalue weighted by molar-refractivity contribution is 5.72. The lowest BCUT2D eigenvalue weighted by molar-refractivity contribution is 0.408. The average Bonchev–Trinajstić information content (AvgIpc) is 2.74. The fraction of sp³-hybridized carbons (Fsp3) is 0.0455. The predicted octanol–water partition coefficient (Wildman–Crippen LogP) is 4.00. The van der Waals surface area contributed by atoms with Gasteiger partial charge in [0, 0.05) is 11.6 Å². The highest BCUT2D eigenvalue weighted by Gasteiger charge is 2.16. The Hall–Kier alpha value is -4.13. The number of hydrogen-bond acceptors (Lipinski definition) is 7. The summed E-state index contributed by atoms with van der Waals surface area (Å²) in [6, 6.07) is 17.9. The standard InChI is InChI=1S/C22H17N3O4/c1-29-15-10-11-17(19(28)12-15)22-24-20(13-6-8-14(26)9-7-13)23-21(25-22)16-4-2-3-5-18(16)27/h2-12,26-28H,1H3. The summed E-state index contributed by atoms with van der Waals surface area (Å²) in [7, 11) is 1.51. The van der Waals surface area contributed by atoms with Crippen molar-refractivity contribution in [3.8, 4) is 57.2 Å². The molecule has 0 aliphatic carbocycles. The molecular formula is C22H17N3O4. The Morgan fingerprint density at radius 3 is 1.90 bits per heavy atom. The number of phenols is 3. The van der Waals surface area contributed by atoms with Crippen LogP contribution in [0, 0.1) is 0 Å². The van der Waals surface area contributed by atoms with Crippen LogP contribution in [0.5, 0.6) is 23.0 Å². The number of hydrogen-bond donors (Lipinski definition) is 3. The summed E-state index contributed by atoms with van der Waals surface area (Å²) in [5.41, 5.74) is 1.48. The SMILES string of the molecule is COc1ccc(-c2nc(-c3ccc(O)cc3)nc(-c3ccccc3O)n2)c(O)c1. The molecule has 1 heterocycles. The highest BCUT2D eigenvalue weighted by atomic mass is 16.5. The van der Waals surface area contributed by atoms with Gasteiger partial charge >= 0.3 is 0 Å². The van der Waals surface area contributed by atoms with Crippen molar-refractivity contribution in [3.05, 3.63) is 66.7 Å². The molecule has 0 aliphatic heterocycles. The average molecular weight is 387 g/mol. The Balaban J connectivity index is 1.93. The van der Waals surface area contributed by atoms with Crippen molar-refractivity contribution in [1.82, 2.24) is 15.0 Å². The van der Waals surface area contributed by atoms with E-state index in [-0.39, 0.29) is 28.9 Å². The lowest BCUT2D eigenvalue weighted by Gasteiger charge is -2.10. The van der Waals surface area contributed by atoms with E-state index in [1.807, 2.05) is 0 Å². The maximum atomic E-state index is 10.4. The van der Waals surface area contributed by atoms with E-state index >= 15 is 0 Å². The first-order valence-corrected chi connectivity index (χ1v) is 8.76. The Bertz CT molecular complexity index is 1180. The molecule has 3 N–H and O–H groups in total. The molecule has 0 spiro atoms. The third kappa shape index (κ3) is 3.66. The first kappa shape index (κ1) is 18.2. The van der Waals surface area contributed by atoms with Gasteiger partial charge < -0.3 is 20.1 Å². The smallest absolute Gasteiger partial charge is 0.167 e. The van der Waals surface area contributed by atoms with Crippen molar-refractivity contribution in [1.29, 1.82) is 0 Å². The van der Waals surface area contributed by atoms with E-state index in [4.69, 9.17) is 4.74 Å². The molecule has 1 aromatic heterocycles. The van der Waals surface area contributed by atoms with Crippen LogP contribution < -0.4 is 4.74 Å². The molecule has 4 rings (SSSR count). The molecule has 0 aliphatic rings. The second-order valence-electron chi connectivity index (χ2n) is 6.25. The summed E-state index contributed by atoms with van der Waals surface area (Å²) in [6.45, 7) is 0. The first-order chi connectivity index (χ1) is 14.0. The maximum Gasteiger partial charge on any atom is 0.167 e. The van der Waals surface area contributed by atoms with Crippen LogP contribution in [0.1, 0.15) is 0 Å². The Morgan fingerprint density at radius 2 is 1.28 bits per heavy atom. The number of phenolic OH excluding ortho intramolecular Hbond substituents is 3. The van der Waals surface area contributed by atoms with Gasteiger partial charge in [0.15, 0.2) is 17.5 Å². The summed E-state index contributed by atoms with van der Waals surface area (Å²) in [6.07, 6.45) is 0. The van der Waals surface area contributed by atoms with Crippen molar-refractivity contribution in [2.45, 2.75) is 0 Å². The van der Waals surface area contributed by atoms with Crippen LogP contribution in [0.2, 0.25) is 0 Å². The number of nitrogens with zero attached hydrogens (tertiary/aromatic N) is 3. The van der Waals surface area contributed by atoms with Crippen LogP contribution in [0.25, 0.3) is 34.2 Å². The third-order valence-corrected chi connectivity index (χ3v) is 4.35. The van der Waals surface area contributed by atoms with Crippen LogP contribution in [0.4, 0.5) is 0 Å². The van der Waals surface area contributed by atoms with E-state index in [0.29, 0.717) is 28.3 Å². The topological polar surface area (TPSA) is 109 Å². The molecule has 29 heavy (non-hydrogen) atoms. The number of para-hydroxylation sites is 1. The van der Waals surface area contributed by atoms with E-state index in [1.165, 1.54) is 25.3 Å². The second-order valence-corrected chi connectivity index (χ2v) is 6.25. The van der Waals surface area contributed by atoms with Gasteiger partial charge in [-0.15, -0.1) is 0 Å². The quantitative estimate of drug-likeness (QED) is 0.486. The van der Waals surface area contributed by atoms with Crippen LogP contribution in [0.15, 0.2) is 66.7 Å². The monoisotopic (exact) mass is 387 g/mol. The molecule has 0 unspecified atom stereocenters. The van der Waals surface area contributed by atoms with Crippen LogP contribution in [-0.4, -0.2) is 37.4 Å². The van der Waals surface area contributed by atoms with Gasteiger partial charge in [-0.2, -0.15) is 0 Å². The van der Waals surface area contributed by atoms with E-state index in [2.05, 4.69) is 15.0 Å². The summed E-state index contributed by atoms with van der Waals surface area (Å²) < 4.78 is 5.13. The Kier molecular flexibility index (Phi) is 4.70. The molecule has 0 bridgehead atoms. The molecule has 0 fully saturated rings. The zero-order valence-corrected chi connectivity index (χ0v) is 15.4. The number of benzene rings is 3. The fourth-order valence-electron chi connectivity index (χ4n) is 2.85. The number of methoxy groups -OCH3 is 1. The first-order valence-electron chi connectivity index (χ1n) is 8.76. The van der Waals surface area contributed by atoms with Gasteiger partial charge in [-0.3, -0.25) is 0 Å². The van der Waals surface area contributed by atoms with E-state index in [1.54, 1.807) is 48.5 Å². The lowest BCUT2D eigenvalue weighted by atomic mass is 10.1. The van der Waals surface area contributed by atoms with Crippen molar-refractivity contribution in [2.24, 2.45) is 0 Å². The molecule has 0 atom stereocenters. The minimum atomic E-state index is -0.0459. The molecular weight excluding hydrogens is 370 g/mol.